The molecule has 4 heteroatoms. The molecule has 2 aromatic rings. The average molecular weight is 364 g/mol. The largest absolute Gasteiger partial charge is 0.478 e. The third-order valence-corrected chi connectivity index (χ3v) is 5.49. The third kappa shape index (κ3) is 4.64. The number of benzene rings is 2. The van der Waals surface area contributed by atoms with Crippen LogP contribution in [0.3, 0.4) is 0 Å². The van der Waals surface area contributed by atoms with Crippen molar-refractivity contribution < 1.29 is 19.4 Å². The van der Waals surface area contributed by atoms with E-state index in [0.29, 0.717) is 41.4 Å². The van der Waals surface area contributed by atoms with Crippen LogP contribution < -0.4 is 0 Å². The van der Waals surface area contributed by atoms with E-state index in [0.717, 1.165) is 0 Å². The van der Waals surface area contributed by atoms with Gasteiger partial charge in [0.05, 0.1) is 17.7 Å². The molecule has 2 aliphatic rings. The molecule has 2 bridgehead atoms. The third-order valence-electron chi connectivity index (χ3n) is 5.49. The predicted molar refractivity (Wildman–Crippen MR) is 104 cm³/mol. The second-order valence-electron chi connectivity index (χ2n) is 7.11. The van der Waals surface area contributed by atoms with E-state index in [1.807, 2.05) is 18.2 Å². The molecule has 0 saturated heterocycles. The molecule has 0 aliphatic heterocycles. The van der Waals surface area contributed by atoms with Crippen molar-refractivity contribution in [3.05, 3.63) is 83.9 Å². The molecular formula is C23H24O4. The van der Waals surface area contributed by atoms with Crippen LogP contribution in [0.5, 0.6) is 0 Å². The molecule has 0 heterocycles. The lowest BCUT2D eigenvalue weighted by Crippen LogP contribution is -2.23. The van der Waals surface area contributed by atoms with E-state index in [9.17, 15) is 9.59 Å². The van der Waals surface area contributed by atoms with Crippen LogP contribution >= 0.6 is 0 Å². The average Bonchev–Trinajstić information content (AvgIpc) is 3.30. The second-order valence-corrected chi connectivity index (χ2v) is 7.11. The van der Waals surface area contributed by atoms with Crippen LogP contribution in [-0.4, -0.2) is 23.7 Å². The zero-order valence-corrected chi connectivity index (χ0v) is 15.3. The van der Waals surface area contributed by atoms with E-state index in [-0.39, 0.29) is 5.97 Å². The summed E-state index contributed by atoms with van der Waals surface area (Å²) in [5, 5.41) is 8.38. The van der Waals surface area contributed by atoms with Gasteiger partial charge < -0.3 is 9.84 Å². The highest BCUT2D eigenvalue weighted by atomic mass is 16.5. The van der Waals surface area contributed by atoms with E-state index in [1.54, 1.807) is 42.5 Å². The normalized spacial score (nSPS) is 24.8. The molecule has 4 nitrogen and oxygen atoms in total. The summed E-state index contributed by atoms with van der Waals surface area (Å²) in [5.74, 6) is 1.39. The Morgan fingerprint density at radius 3 is 1.96 bits per heavy atom. The van der Waals surface area contributed by atoms with Gasteiger partial charge in [-0.2, -0.15) is 0 Å². The van der Waals surface area contributed by atoms with Crippen LogP contribution in [0.25, 0.3) is 0 Å². The minimum absolute atomic E-state index is 0.199. The lowest BCUT2D eigenvalue weighted by atomic mass is 9.85. The van der Waals surface area contributed by atoms with Crippen LogP contribution in [0.1, 0.15) is 34.1 Å². The van der Waals surface area contributed by atoms with E-state index in [1.165, 1.54) is 6.42 Å². The molecule has 2 aromatic carbocycles. The van der Waals surface area contributed by atoms with Gasteiger partial charge in [0.15, 0.2) is 0 Å². The number of hydrogen-bond donors (Lipinski definition) is 1. The molecule has 0 radical (unpaired) electrons. The fourth-order valence-corrected chi connectivity index (χ4v) is 3.86. The van der Waals surface area contributed by atoms with Crippen LogP contribution in [0.15, 0.2) is 72.8 Å². The van der Waals surface area contributed by atoms with Gasteiger partial charge in [-0.15, -0.1) is 0 Å². The number of aromatic carboxylic acids is 1. The Kier molecular flexibility index (Phi) is 6.07. The molecule has 0 amide bonds. The molecular weight excluding hydrogens is 340 g/mol. The first kappa shape index (κ1) is 18.9. The highest BCUT2D eigenvalue weighted by Gasteiger charge is 2.42. The minimum atomic E-state index is -0.879. The number of rotatable bonds is 4. The fourth-order valence-electron chi connectivity index (χ4n) is 3.86. The number of ether oxygens (including phenoxy) is 1. The van der Waals surface area contributed by atoms with Gasteiger partial charge >= 0.3 is 11.9 Å². The summed E-state index contributed by atoms with van der Waals surface area (Å²) in [7, 11) is 0. The topological polar surface area (TPSA) is 63.6 Å². The van der Waals surface area contributed by atoms with E-state index in [4.69, 9.17) is 9.84 Å². The lowest BCUT2D eigenvalue weighted by molar-refractivity contribution is 0.0383. The molecule has 0 aromatic heterocycles. The minimum Gasteiger partial charge on any atom is -0.478 e. The Labute approximate surface area is 159 Å². The first-order valence-electron chi connectivity index (χ1n) is 9.25. The molecule has 27 heavy (non-hydrogen) atoms. The highest BCUT2D eigenvalue weighted by Crippen LogP contribution is 2.47. The highest BCUT2D eigenvalue weighted by molar-refractivity contribution is 5.89. The van der Waals surface area contributed by atoms with Gasteiger partial charge in [-0.1, -0.05) is 55.5 Å². The number of carbonyl (C=O) groups is 2. The number of carboxylic acids is 1. The standard InChI is InChI=1S/C16H18O2.C7H6O2/c1-11-13-7-8-14(9-13)15(11)10-18-16(17)12-5-3-2-4-6-12;8-7(9)6-4-2-1-3-5-6/h2-8,11,13-15H,9-10H2,1H3;1-5H,(H,8,9). The van der Waals surface area contributed by atoms with Crippen molar-refractivity contribution in [1.82, 2.24) is 0 Å². The van der Waals surface area contributed by atoms with E-state index < -0.39 is 5.97 Å². The second kappa shape index (κ2) is 8.67. The number of fused-ring (bicyclic) bond motifs is 2. The van der Waals surface area contributed by atoms with Gasteiger partial charge in [0.1, 0.15) is 0 Å². The van der Waals surface area contributed by atoms with Gasteiger partial charge in [-0.05, 0) is 48.4 Å². The Hall–Kier alpha value is -2.88. The molecule has 1 saturated carbocycles. The molecule has 4 unspecified atom stereocenters. The van der Waals surface area contributed by atoms with Crippen LogP contribution in [0.4, 0.5) is 0 Å². The van der Waals surface area contributed by atoms with Crippen molar-refractivity contribution in [3.8, 4) is 0 Å². The number of hydrogen-bond acceptors (Lipinski definition) is 3. The Balaban J connectivity index is 0.000000197. The summed E-state index contributed by atoms with van der Waals surface area (Å²) in [5.41, 5.74) is 0.973. The van der Waals surface area contributed by atoms with Gasteiger partial charge in [0.25, 0.3) is 0 Å². The summed E-state index contributed by atoms with van der Waals surface area (Å²) < 4.78 is 5.46. The summed E-state index contributed by atoms with van der Waals surface area (Å²) in [6, 6.07) is 17.5. The van der Waals surface area contributed by atoms with Gasteiger partial charge in [-0.3, -0.25) is 0 Å². The van der Waals surface area contributed by atoms with E-state index in [2.05, 4.69) is 19.1 Å². The first-order valence-corrected chi connectivity index (χ1v) is 9.25. The summed E-state index contributed by atoms with van der Waals surface area (Å²) in [4.78, 5) is 22.1. The first-order chi connectivity index (χ1) is 13.1. The molecule has 0 spiro atoms. The van der Waals surface area contributed by atoms with Crippen molar-refractivity contribution in [1.29, 1.82) is 0 Å². The Bertz CT molecular complexity index is 798. The molecule has 2 aliphatic carbocycles. The fraction of sp³-hybridized carbons (Fsp3) is 0.304. The maximum absolute atomic E-state index is 11.9. The van der Waals surface area contributed by atoms with Crippen molar-refractivity contribution in [2.45, 2.75) is 13.3 Å². The maximum atomic E-state index is 11.9. The quantitative estimate of drug-likeness (QED) is 0.632. The zero-order chi connectivity index (χ0) is 19.2. The SMILES string of the molecule is CC1C2C=CC(C2)C1COC(=O)c1ccccc1.O=C(O)c1ccccc1. The number of allylic oxidation sites excluding steroid dienone is 2. The van der Waals surface area contributed by atoms with Gasteiger partial charge in [-0.25, -0.2) is 9.59 Å². The molecule has 140 valence electrons. The van der Waals surface area contributed by atoms with E-state index >= 15 is 0 Å². The van der Waals surface area contributed by atoms with Crippen molar-refractivity contribution in [3.63, 3.8) is 0 Å². The number of carbonyl (C=O) groups excluding carboxylic acids is 1. The lowest BCUT2D eigenvalue weighted by Gasteiger charge is -2.24. The maximum Gasteiger partial charge on any atom is 0.338 e. The molecule has 4 rings (SSSR count). The van der Waals surface area contributed by atoms with Crippen molar-refractivity contribution in [2.75, 3.05) is 6.61 Å². The summed E-state index contributed by atoms with van der Waals surface area (Å²) in [6.45, 7) is 2.83. The molecule has 1 fully saturated rings. The zero-order valence-electron chi connectivity index (χ0n) is 15.3. The predicted octanol–water partition coefficient (Wildman–Crippen LogP) is 4.69. The van der Waals surface area contributed by atoms with Gasteiger partial charge in [0, 0.05) is 5.92 Å². The van der Waals surface area contributed by atoms with Crippen molar-refractivity contribution in [2.24, 2.45) is 23.7 Å². The molecule has 1 N–H and O–H groups in total. The number of carboxylic acid groups (broad SMARTS) is 1. The monoisotopic (exact) mass is 364 g/mol. The van der Waals surface area contributed by atoms with Gasteiger partial charge in [0.2, 0.25) is 0 Å². The summed E-state index contributed by atoms with van der Waals surface area (Å²) >= 11 is 0. The van der Waals surface area contributed by atoms with Crippen LogP contribution in [0.2, 0.25) is 0 Å². The smallest absolute Gasteiger partial charge is 0.338 e. The molecule has 4 atom stereocenters. The van der Waals surface area contributed by atoms with Crippen LogP contribution in [-0.2, 0) is 4.74 Å². The van der Waals surface area contributed by atoms with Crippen molar-refractivity contribution >= 4 is 11.9 Å². The number of esters is 1. The van der Waals surface area contributed by atoms with Crippen LogP contribution in [0, 0.1) is 23.7 Å². The summed E-state index contributed by atoms with van der Waals surface area (Å²) in [6.07, 6.45) is 5.87. The Morgan fingerprint density at radius 1 is 0.926 bits per heavy atom. The Morgan fingerprint density at radius 2 is 1.48 bits per heavy atom.